The van der Waals surface area contributed by atoms with Gasteiger partial charge in [0.1, 0.15) is 17.6 Å². The predicted octanol–water partition coefficient (Wildman–Crippen LogP) is 2.28. The topological polar surface area (TPSA) is 32.7 Å². The molecule has 18 heavy (non-hydrogen) atoms. The fraction of sp³-hybridized carbons (Fsp3) is 0.600. The molecule has 3 heteroatoms. The van der Waals surface area contributed by atoms with E-state index in [1.165, 1.54) is 31.2 Å². The number of ether oxygens (including phenoxy) is 1. The van der Waals surface area contributed by atoms with Gasteiger partial charge in [0.25, 0.3) is 0 Å². The highest BCUT2D eigenvalue weighted by molar-refractivity contribution is 5.50. The SMILES string of the molecule is CN1C[C@H]2Oc3ccc(O)cc3[C@@]23CCC[C@@H]1C3. The van der Waals surface area contributed by atoms with Crippen LogP contribution in [-0.2, 0) is 5.41 Å². The Labute approximate surface area is 107 Å². The zero-order valence-electron chi connectivity index (χ0n) is 10.7. The molecular formula is C15H19NO2. The lowest BCUT2D eigenvalue weighted by Crippen LogP contribution is -2.58. The number of benzene rings is 1. The summed E-state index contributed by atoms with van der Waals surface area (Å²) in [5.74, 6) is 1.36. The van der Waals surface area contributed by atoms with E-state index in [1.54, 1.807) is 6.07 Å². The summed E-state index contributed by atoms with van der Waals surface area (Å²) < 4.78 is 6.16. The van der Waals surface area contributed by atoms with Gasteiger partial charge in [-0.15, -0.1) is 0 Å². The summed E-state index contributed by atoms with van der Waals surface area (Å²) in [6.45, 7) is 1.01. The van der Waals surface area contributed by atoms with Gasteiger partial charge >= 0.3 is 0 Å². The molecule has 3 atom stereocenters. The molecular weight excluding hydrogens is 226 g/mol. The summed E-state index contributed by atoms with van der Waals surface area (Å²) in [6, 6.07) is 6.29. The van der Waals surface area contributed by atoms with Crippen LogP contribution in [0.15, 0.2) is 18.2 Å². The Kier molecular flexibility index (Phi) is 2.03. The van der Waals surface area contributed by atoms with Crippen LogP contribution in [0.4, 0.5) is 0 Å². The van der Waals surface area contributed by atoms with Gasteiger partial charge in [-0.1, -0.05) is 6.42 Å². The summed E-state index contributed by atoms with van der Waals surface area (Å²) >= 11 is 0. The number of likely N-dealkylation sites (tertiary alicyclic amines) is 1. The van der Waals surface area contributed by atoms with Crippen molar-refractivity contribution in [3.05, 3.63) is 23.8 Å². The third-order valence-electron chi connectivity index (χ3n) is 5.22. The van der Waals surface area contributed by atoms with Crippen molar-refractivity contribution >= 4 is 0 Å². The van der Waals surface area contributed by atoms with Crippen molar-refractivity contribution in [2.45, 2.75) is 43.2 Å². The number of likely N-dealkylation sites (N-methyl/N-ethyl adjacent to an activating group) is 1. The molecule has 3 nitrogen and oxygen atoms in total. The van der Waals surface area contributed by atoms with Crippen molar-refractivity contribution in [1.82, 2.24) is 4.90 Å². The van der Waals surface area contributed by atoms with Gasteiger partial charge in [-0.2, -0.15) is 0 Å². The molecule has 1 saturated heterocycles. The Morgan fingerprint density at radius 2 is 2.33 bits per heavy atom. The molecule has 2 fully saturated rings. The zero-order valence-corrected chi connectivity index (χ0v) is 10.7. The minimum atomic E-state index is 0.170. The molecule has 1 aromatic carbocycles. The van der Waals surface area contributed by atoms with Crippen molar-refractivity contribution in [3.8, 4) is 11.5 Å². The van der Waals surface area contributed by atoms with Gasteiger partial charge in [-0.25, -0.2) is 0 Å². The number of hydrogen-bond donors (Lipinski definition) is 1. The summed E-state index contributed by atoms with van der Waals surface area (Å²) in [7, 11) is 2.21. The third-order valence-corrected chi connectivity index (χ3v) is 5.22. The maximum atomic E-state index is 9.77. The van der Waals surface area contributed by atoms with Crippen LogP contribution in [0, 0.1) is 0 Å². The van der Waals surface area contributed by atoms with Crippen LogP contribution in [0.25, 0.3) is 0 Å². The lowest BCUT2D eigenvalue weighted by atomic mass is 9.63. The van der Waals surface area contributed by atoms with Gasteiger partial charge in [-0.3, -0.25) is 4.90 Å². The molecule has 0 amide bonds. The molecule has 2 heterocycles. The van der Waals surface area contributed by atoms with Gasteiger partial charge < -0.3 is 9.84 Å². The minimum Gasteiger partial charge on any atom is -0.508 e. The molecule has 1 spiro atoms. The van der Waals surface area contributed by atoms with E-state index < -0.39 is 0 Å². The number of phenols is 1. The van der Waals surface area contributed by atoms with Gasteiger partial charge in [0, 0.05) is 23.6 Å². The zero-order chi connectivity index (χ0) is 12.3. The molecule has 0 unspecified atom stereocenters. The van der Waals surface area contributed by atoms with E-state index in [9.17, 15) is 5.11 Å². The number of hydrogen-bond acceptors (Lipinski definition) is 3. The third kappa shape index (κ3) is 1.23. The number of aromatic hydroxyl groups is 1. The van der Waals surface area contributed by atoms with Crippen LogP contribution >= 0.6 is 0 Å². The molecule has 0 radical (unpaired) electrons. The van der Waals surface area contributed by atoms with E-state index >= 15 is 0 Å². The Bertz CT molecular complexity index is 501. The summed E-state index contributed by atoms with van der Waals surface area (Å²) in [4.78, 5) is 2.45. The van der Waals surface area contributed by atoms with Crippen molar-refractivity contribution in [3.63, 3.8) is 0 Å². The average molecular weight is 245 g/mol. The Morgan fingerprint density at radius 1 is 1.44 bits per heavy atom. The number of phenolic OH excluding ortho intramolecular Hbond substituents is 1. The summed E-state index contributed by atoms with van der Waals surface area (Å²) in [5, 5.41) is 9.77. The van der Waals surface area contributed by atoms with Crippen LogP contribution in [0.5, 0.6) is 11.5 Å². The average Bonchev–Trinajstić information content (AvgIpc) is 2.64. The first kappa shape index (κ1) is 10.7. The fourth-order valence-corrected chi connectivity index (χ4v) is 4.26. The molecule has 96 valence electrons. The number of piperidine rings is 1. The molecule has 1 aromatic rings. The molecule has 2 bridgehead atoms. The second-order valence-electron chi connectivity index (χ2n) is 6.13. The smallest absolute Gasteiger partial charge is 0.124 e. The lowest BCUT2D eigenvalue weighted by molar-refractivity contribution is -0.00863. The van der Waals surface area contributed by atoms with E-state index in [4.69, 9.17) is 4.74 Å². The monoisotopic (exact) mass is 245 g/mol. The molecule has 1 aliphatic carbocycles. The van der Waals surface area contributed by atoms with Crippen LogP contribution < -0.4 is 4.74 Å². The maximum absolute atomic E-state index is 9.77. The molecule has 0 aromatic heterocycles. The predicted molar refractivity (Wildman–Crippen MR) is 69.1 cm³/mol. The largest absolute Gasteiger partial charge is 0.508 e. The minimum absolute atomic E-state index is 0.170. The van der Waals surface area contributed by atoms with Crippen molar-refractivity contribution in [2.75, 3.05) is 13.6 Å². The van der Waals surface area contributed by atoms with Crippen molar-refractivity contribution < 1.29 is 9.84 Å². The molecule has 2 aliphatic heterocycles. The quantitative estimate of drug-likeness (QED) is 0.761. The summed E-state index contributed by atoms with van der Waals surface area (Å²) in [6.07, 6.45) is 5.24. The number of fused-ring (bicyclic) bond motifs is 2. The van der Waals surface area contributed by atoms with Gasteiger partial charge in [0.2, 0.25) is 0 Å². The first-order valence-electron chi connectivity index (χ1n) is 6.89. The van der Waals surface area contributed by atoms with Crippen molar-refractivity contribution in [2.24, 2.45) is 0 Å². The fourth-order valence-electron chi connectivity index (χ4n) is 4.26. The Hall–Kier alpha value is -1.22. The Morgan fingerprint density at radius 3 is 3.22 bits per heavy atom. The standard InChI is InChI=1S/C15H19NO2/c1-16-9-14-15(6-2-3-10(16)8-15)12-7-11(17)4-5-13(12)18-14/h4-5,7,10,14,17H,2-3,6,8-9H2,1H3/t10-,14-,15+/m1/s1. The van der Waals surface area contributed by atoms with E-state index in [1.807, 2.05) is 12.1 Å². The van der Waals surface area contributed by atoms with Crippen LogP contribution in [0.3, 0.4) is 0 Å². The van der Waals surface area contributed by atoms with Crippen molar-refractivity contribution in [1.29, 1.82) is 0 Å². The number of rotatable bonds is 0. The van der Waals surface area contributed by atoms with Crippen LogP contribution in [-0.4, -0.2) is 35.7 Å². The molecule has 4 rings (SSSR count). The van der Waals surface area contributed by atoms with Gasteiger partial charge in [0.15, 0.2) is 0 Å². The second-order valence-corrected chi connectivity index (χ2v) is 6.13. The first-order valence-corrected chi connectivity index (χ1v) is 6.89. The molecule has 3 aliphatic rings. The van der Waals surface area contributed by atoms with E-state index in [-0.39, 0.29) is 11.5 Å². The highest BCUT2D eigenvalue weighted by Gasteiger charge is 2.55. The normalized spacial score (nSPS) is 37.8. The summed E-state index contributed by atoms with van der Waals surface area (Å²) in [5.41, 5.74) is 1.43. The second kappa shape index (κ2) is 3.41. The molecule has 1 N–H and O–H groups in total. The Balaban J connectivity index is 1.85. The van der Waals surface area contributed by atoms with Gasteiger partial charge in [-0.05, 0) is 44.5 Å². The first-order chi connectivity index (χ1) is 8.69. The highest BCUT2D eigenvalue weighted by Crippen LogP contribution is 2.55. The number of nitrogens with zero attached hydrogens (tertiary/aromatic N) is 1. The highest BCUT2D eigenvalue weighted by atomic mass is 16.5. The van der Waals surface area contributed by atoms with E-state index in [2.05, 4.69) is 11.9 Å². The maximum Gasteiger partial charge on any atom is 0.124 e. The van der Waals surface area contributed by atoms with E-state index in [0.717, 1.165) is 12.3 Å². The van der Waals surface area contributed by atoms with Crippen LogP contribution in [0.1, 0.15) is 31.2 Å². The van der Waals surface area contributed by atoms with Crippen LogP contribution in [0.2, 0.25) is 0 Å². The lowest BCUT2D eigenvalue weighted by Gasteiger charge is -2.50. The molecule has 1 saturated carbocycles. The van der Waals surface area contributed by atoms with E-state index in [0.29, 0.717) is 11.8 Å². The van der Waals surface area contributed by atoms with Gasteiger partial charge in [0.05, 0.1) is 0 Å².